The largest absolute Gasteiger partial charge is 0.480 e. The summed E-state index contributed by atoms with van der Waals surface area (Å²) in [5.41, 5.74) is 1.19. The second-order valence-electron chi connectivity index (χ2n) is 4.84. The molecule has 0 aliphatic rings. The summed E-state index contributed by atoms with van der Waals surface area (Å²) in [7, 11) is 0. The highest BCUT2D eigenvalue weighted by atomic mass is 35.5. The summed E-state index contributed by atoms with van der Waals surface area (Å²) in [4.78, 5) is 23.3. The Balaban J connectivity index is 2.02. The van der Waals surface area contributed by atoms with E-state index in [4.69, 9.17) is 23.2 Å². The number of rotatable bonds is 5. The fourth-order valence-corrected chi connectivity index (χ4v) is 2.53. The summed E-state index contributed by atoms with van der Waals surface area (Å²) in [6.45, 7) is 0. The van der Waals surface area contributed by atoms with Crippen molar-refractivity contribution < 1.29 is 14.7 Å². The highest BCUT2D eigenvalue weighted by Gasteiger charge is 2.20. The van der Waals surface area contributed by atoms with Crippen LogP contribution in [0, 0.1) is 0 Å². The fraction of sp³-hybridized carbons (Fsp3) is 0.125. The quantitative estimate of drug-likeness (QED) is 0.765. The van der Waals surface area contributed by atoms with Gasteiger partial charge in [0.2, 0.25) is 0 Å². The van der Waals surface area contributed by atoms with Crippen molar-refractivity contribution in [2.24, 2.45) is 0 Å². The van der Waals surface area contributed by atoms with Crippen molar-refractivity contribution in [2.75, 3.05) is 5.32 Å². The number of amides is 2. The van der Waals surface area contributed by atoms with Crippen molar-refractivity contribution in [3.05, 3.63) is 64.1 Å². The summed E-state index contributed by atoms with van der Waals surface area (Å²) in [5.74, 6) is -1.12. The molecule has 3 N–H and O–H groups in total. The minimum absolute atomic E-state index is 0.180. The van der Waals surface area contributed by atoms with Crippen molar-refractivity contribution in [3.8, 4) is 0 Å². The van der Waals surface area contributed by atoms with Crippen molar-refractivity contribution >= 4 is 40.9 Å². The Bertz CT molecular complexity index is 687. The standard InChI is InChI=1S/C16H14Cl2N2O3/c17-11-7-12(18)9-13(8-11)19-16(23)20-14(15(21)22)6-10-4-2-1-3-5-10/h1-5,7-9,14H,6H2,(H,21,22)(H2,19,20,23). The van der Waals surface area contributed by atoms with Gasteiger partial charge in [-0.3, -0.25) is 0 Å². The van der Waals surface area contributed by atoms with Gasteiger partial charge in [-0.05, 0) is 23.8 Å². The average molecular weight is 353 g/mol. The van der Waals surface area contributed by atoms with Gasteiger partial charge in [-0.2, -0.15) is 0 Å². The van der Waals surface area contributed by atoms with Gasteiger partial charge in [0.05, 0.1) is 0 Å². The number of carbonyl (C=O) groups excluding carboxylic acids is 1. The lowest BCUT2D eigenvalue weighted by molar-refractivity contribution is -0.139. The topological polar surface area (TPSA) is 78.4 Å². The molecule has 0 aromatic heterocycles. The third-order valence-electron chi connectivity index (χ3n) is 3.01. The van der Waals surface area contributed by atoms with Crippen LogP contribution in [0.1, 0.15) is 5.56 Å². The Hall–Kier alpha value is -2.24. The number of halogens is 2. The second kappa shape index (κ2) is 7.85. The number of aliphatic carboxylic acids is 1. The molecule has 2 aromatic carbocycles. The molecule has 7 heteroatoms. The van der Waals surface area contributed by atoms with Crippen molar-refractivity contribution in [1.82, 2.24) is 5.32 Å². The number of carboxylic acids is 1. The van der Waals surface area contributed by atoms with Gasteiger partial charge in [-0.1, -0.05) is 53.5 Å². The van der Waals surface area contributed by atoms with Crippen molar-refractivity contribution in [3.63, 3.8) is 0 Å². The maximum absolute atomic E-state index is 12.0. The van der Waals surface area contributed by atoms with Crippen LogP contribution in [-0.2, 0) is 11.2 Å². The Labute approximate surface area is 143 Å². The molecule has 1 unspecified atom stereocenters. The lowest BCUT2D eigenvalue weighted by Crippen LogP contribution is -2.44. The van der Waals surface area contributed by atoms with E-state index >= 15 is 0 Å². The average Bonchev–Trinajstić information content (AvgIpc) is 2.46. The molecule has 0 aliphatic heterocycles. The zero-order valence-corrected chi connectivity index (χ0v) is 13.4. The van der Waals surface area contributed by atoms with Gasteiger partial charge in [0.25, 0.3) is 0 Å². The van der Waals surface area contributed by atoms with Crippen molar-refractivity contribution in [2.45, 2.75) is 12.5 Å². The van der Waals surface area contributed by atoms with Crippen LogP contribution in [0.2, 0.25) is 10.0 Å². The first kappa shape index (κ1) is 17.1. The molecular formula is C16H14Cl2N2O3. The van der Waals surface area contributed by atoms with E-state index in [-0.39, 0.29) is 6.42 Å². The fourth-order valence-electron chi connectivity index (χ4n) is 2.00. The van der Waals surface area contributed by atoms with Crippen LogP contribution in [0.3, 0.4) is 0 Å². The normalized spacial score (nSPS) is 11.6. The number of urea groups is 1. The number of hydrogen-bond donors (Lipinski definition) is 3. The minimum atomic E-state index is -1.12. The van der Waals surface area contributed by atoms with E-state index in [2.05, 4.69) is 10.6 Å². The molecule has 23 heavy (non-hydrogen) atoms. The molecule has 0 heterocycles. The molecule has 2 amide bonds. The molecule has 5 nitrogen and oxygen atoms in total. The molecule has 0 fully saturated rings. The number of anilines is 1. The van der Waals surface area contributed by atoms with E-state index in [0.717, 1.165) is 5.56 Å². The Morgan fingerprint density at radius 2 is 1.65 bits per heavy atom. The van der Waals surface area contributed by atoms with Crippen LogP contribution in [0.15, 0.2) is 48.5 Å². The number of carboxylic acid groups (broad SMARTS) is 1. The van der Waals surface area contributed by atoms with Crippen LogP contribution in [0.4, 0.5) is 10.5 Å². The van der Waals surface area contributed by atoms with Gasteiger partial charge in [-0.25, -0.2) is 9.59 Å². The number of benzene rings is 2. The lowest BCUT2D eigenvalue weighted by Gasteiger charge is -2.15. The van der Waals surface area contributed by atoms with Gasteiger partial charge < -0.3 is 15.7 Å². The molecule has 2 aromatic rings. The van der Waals surface area contributed by atoms with E-state index < -0.39 is 18.0 Å². The molecule has 2 rings (SSSR count). The summed E-state index contributed by atoms with van der Waals surface area (Å²) < 4.78 is 0. The minimum Gasteiger partial charge on any atom is -0.480 e. The van der Waals surface area contributed by atoms with E-state index in [1.165, 1.54) is 18.2 Å². The van der Waals surface area contributed by atoms with Gasteiger partial charge in [0.1, 0.15) is 6.04 Å². The zero-order chi connectivity index (χ0) is 16.8. The maximum Gasteiger partial charge on any atom is 0.326 e. The number of carbonyl (C=O) groups is 2. The number of hydrogen-bond acceptors (Lipinski definition) is 2. The summed E-state index contributed by atoms with van der Waals surface area (Å²) in [5, 5.41) is 14.9. The van der Waals surface area contributed by atoms with E-state index in [0.29, 0.717) is 15.7 Å². The predicted octanol–water partition coefficient (Wildman–Crippen LogP) is 3.81. The SMILES string of the molecule is O=C(Nc1cc(Cl)cc(Cl)c1)NC(Cc1ccccc1)C(=O)O. The first-order chi connectivity index (χ1) is 10.9. The molecule has 0 saturated carbocycles. The van der Waals surface area contributed by atoms with Gasteiger partial charge in [-0.15, -0.1) is 0 Å². The Morgan fingerprint density at radius 3 is 2.22 bits per heavy atom. The number of nitrogens with one attached hydrogen (secondary N) is 2. The van der Waals surface area contributed by atoms with Gasteiger partial charge >= 0.3 is 12.0 Å². The van der Waals surface area contributed by atoms with Crippen molar-refractivity contribution in [1.29, 1.82) is 0 Å². The molecule has 0 saturated heterocycles. The predicted molar refractivity (Wildman–Crippen MR) is 90.2 cm³/mol. The summed E-state index contributed by atoms with van der Waals surface area (Å²) in [6.07, 6.45) is 0.180. The molecule has 0 bridgehead atoms. The molecule has 120 valence electrons. The zero-order valence-electron chi connectivity index (χ0n) is 11.9. The van der Waals surface area contributed by atoms with Crippen LogP contribution >= 0.6 is 23.2 Å². The first-order valence-electron chi connectivity index (χ1n) is 6.74. The van der Waals surface area contributed by atoms with Gasteiger partial charge in [0.15, 0.2) is 0 Å². The molecule has 0 spiro atoms. The van der Waals surface area contributed by atoms with Crippen LogP contribution in [0.25, 0.3) is 0 Å². The Morgan fingerprint density at radius 1 is 1.04 bits per heavy atom. The summed E-state index contributed by atoms with van der Waals surface area (Å²) >= 11 is 11.7. The molecular weight excluding hydrogens is 339 g/mol. The first-order valence-corrected chi connectivity index (χ1v) is 7.50. The van der Waals surface area contributed by atoms with Gasteiger partial charge in [0, 0.05) is 22.2 Å². The van der Waals surface area contributed by atoms with Crippen LogP contribution in [-0.4, -0.2) is 23.1 Å². The van der Waals surface area contributed by atoms with E-state index in [1.807, 2.05) is 18.2 Å². The van der Waals surface area contributed by atoms with E-state index in [9.17, 15) is 14.7 Å². The van der Waals surface area contributed by atoms with Crippen LogP contribution in [0.5, 0.6) is 0 Å². The third kappa shape index (κ3) is 5.47. The smallest absolute Gasteiger partial charge is 0.326 e. The third-order valence-corrected chi connectivity index (χ3v) is 3.44. The molecule has 1 atom stereocenters. The van der Waals surface area contributed by atoms with Crippen LogP contribution < -0.4 is 10.6 Å². The molecule has 0 radical (unpaired) electrons. The Kier molecular flexibility index (Phi) is 5.84. The monoisotopic (exact) mass is 352 g/mol. The second-order valence-corrected chi connectivity index (χ2v) is 5.71. The maximum atomic E-state index is 12.0. The lowest BCUT2D eigenvalue weighted by atomic mass is 10.1. The molecule has 0 aliphatic carbocycles. The van der Waals surface area contributed by atoms with E-state index in [1.54, 1.807) is 12.1 Å². The summed E-state index contributed by atoms with van der Waals surface area (Å²) in [6, 6.07) is 11.9. The highest BCUT2D eigenvalue weighted by Crippen LogP contribution is 2.22. The highest BCUT2D eigenvalue weighted by molar-refractivity contribution is 6.35.